The summed E-state index contributed by atoms with van der Waals surface area (Å²) in [6.45, 7) is 4.83. The van der Waals surface area contributed by atoms with Gasteiger partial charge in [0.1, 0.15) is 5.60 Å². The lowest BCUT2D eigenvalue weighted by atomic mass is 9.45. The summed E-state index contributed by atoms with van der Waals surface area (Å²) in [7, 11) is 1.90. The third kappa shape index (κ3) is 4.77. The molecule has 0 radical (unpaired) electrons. The van der Waals surface area contributed by atoms with Crippen molar-refractivity contribution in [3.8, 4) is 0 Å². The number of likely N-dealkylation sites (N-methyl/N-ethyl adjacent to an activating group) is 1. The van der Waals surface area contributed by atoms with Gasteiger partial charge in [-0.15, -0.1) is 0 Å². The molecule has 40 heavy (non-hydrogen) atoms. The number of aliphatic hydroxyl groups excluding tert-OH is 2. The zero-order valence-electron chi connectivity index (χ0n) is 23.9. The number of hydrogen-bond acceptors (Lipinski definition) is 8. The first-order chi connectivity index (χ1) is 18.9. The molecule has 1 aromatic rings. The number of hydrogen-bond donors (Lipinski definition) is 3. The number of ketones is 2. The zero-order valence-corrected chi connectivity index (χ0v) is 23.9. The molecule has 0 heterocycles. The number of esters is 1. The average Bonchev–Trinajstić information content (AvgIpc) is 3.18. The van der Waals surface area contributed by atoms with Gasteiger partial charge in [-0.05, 0) is 92.5 Å². The van der Waals surface area contributed by atoms with Crippen LogP contribution in [0.4, 0.5) is 0 Å². The summed E-state index contributed by atoms with van der Waals surface area (Å²) in [6, 6.07) is 6.93. The second-order valence-electron chi connectivity index (χ2n) is 13.1. The third-order valence-corrected chi connectivity index (χ3v) is 11.0. The van der Waals surface area contributed by atoms with Crippen LogP contribution in [0, 0.1) is 28.6 Å². The van der Waals surface area contributed by atoms with E-state index in [0.717, 1.165) is 30.4 Å². The second-order valence-corrected chi connectivity index (χ2v) is 13.1. The average molecular weight is 554 g/mol. The number of benzene rings is 1. The van der Waals surface area contributed by atoms with Gasteiger partial charge in [0.15, 0.2) is 12.4 Å². The minimum atomic E-state index is -1.68. The summed E-state index contributed by atoms with van der Waals surface area (Å²) in [5, 5.41) is 32.5. The highest BCUT2D eigenvalue weighted by atomic mass is 16.5. The molecule has 3 N–H and O–H groups in total. The van der Waals surface area contributed by atoms with E-state index in [9.17, 15) is 24.6 Å². The summed E-state index contributed by atoms with van der Waals surface area (Å²) >= 11 is 0. The van der Waals surface area contributed by atoms with Crippen molar-refractivity contribution in [3.05, 3.63) is 47.0 Å². The molecule has 8 nitrogen and oxygen atoms in total. The number of allylic oxidation sites excluding steroid dienone is 1. The number of Topliss-reactive ketones (excluding diaryl/α,β-unsaturated/α-hetero) is 1. The summed E-state index contributed by atoms with van der Waals surface area (Å²) in [5.41, 5.74) is -0.275. The van der Waals surface area contributed by atoms with E-state index in [0.29, 0.717) is 37.9 Å². The molecule has 0 unspecified atom stereocenters. The van der Waals surface area contributed by atoms with Crippen molar-refractivity contribution < 1.29 is 34.4 Å². The quantitative estimate of drug-likeness (QED) is 0.420. The molecule has 218 valence electrons. The van der Waals surface area contributed by atoms with Crippen molar-refractivity contribution in [2.45, 2.75) is 77.0 Å². The first-order valence-corrected chi connectivity index (χ1v) is 14.7. The molecule has 7 atom stereocenters. The van der Waals surface area contributed by atoms with Crippen LogP contribution in [0.25, 0.3) is 0 Å². The normalized spacial score (nSPS) is 36.9. The summed E-state index contributed by atoms with van der Waals surface area (Å²) in [6.07, 6.45) is 5.25. The number of carbonyl (C=O) groups excluding carboxylic acids is 3. The molecule has 0 amide bonds. The van der Waals surface area contributed by atoms with E-state index >= 15 is 0 Å². The Labute approximate surface area is 236 Å². The number of aliphatic hydroxyl groups is 3. The predicted octanol–water partition coefficient (Wildman–Crippen LogP) is 3.07. The van der Waals surface area contributed by atoms with Crippen molar-refractivity contribution >= 4 is 17.5 Å². The standard InChI is InChI=1S/C32H43NO7/c1-30-12-10-23(35)16-22(30)8-9-24-25-11-13-32(39,31(25,2)17-26(36)28(24)30)27(37)19-40-29(38)21-6-4-20(5-7-21)18-33(3)14-15-34/h4-7,16,24-26,28,34,36,39H,8-15,17-19H2,1-3H3/t24-,25-,26-,28+,30-,31-,32-/m0/s1. The number of ether oxygens (including phenoxy) is 1. The Bertz CT molecular complexity index is 1190. The molecule has 0 saturated heterocycles. The molecule has 5 rings (SSSR count). The number of carbonyl (C=O) groups is 3. The maximum atomic E-state index is 13.5. The van der Waals surface area contributed by atoms with E-state index in [1.807, 2.05) is 31.0 Å². The van der Waals surface area contributed by atoms with Crippen molar-refractivity contribution in [3.63, 3.8) is 0 Å². The lowest BCUT2D eigenvalue weighted by Crippen LogP contribution is -2.62. The SMILES string of the molecule is CN(CCO)Cc1ccc(C(=O)OCC(=O)[C@@]2(O)CC[C@H]3[C@@H]4CCC5=CC(=O)CC[C@]5(C)[C@H]4[C@@H](O)C[C@@]32C)cc1. The van der Waals surface area contributed by atoms with E-state index in [2.05, 4.69) is 6.92 Å². The number of nitrogens with zero attached hydrogens (tertiary/aromatic N) is 1. The molecule has 3 fully saturated rings. The van der Waals surface area contributed by atoms with E-state index in [4.69, 9.17) is 9.84 Å². The Hall–Kier alpha value is -2.39. The molecular formula is C32H43NO7. The van der Waals surface area contributed by atoms with Gasteiger partial charge in [0, 0.05) is 24.9 Å². The Morgan fingerprint density at radius 2 is 1.82 bits per heavy atom. The number of rotatable bonds is 8. The van der Waals surface area contributed by atoms with Gasteiger partial charge in [-0.2, -0.15) is 0 Å². The third-order valence-electron chi connectivity index (χ3n) is 11.0. The zero-order chi connectivity index (χ0) is 28.9. The molecule has 0 aliphatic heterocycles. The molecule has 8 heteroatoms. The largest absolute Gasteiger partial charge is 0.454 e. The second kappa shape index (κ2) is 10.8. The van der Waals surface area contributed by atoms with Crippen molar-refractivity contribution in [1.82, 2.24) is 4.90 Å². The fourth-order valence-corrected chi connectivity index (χ4v) is 8.79. The molecule has 0 spiro atoms. The van der Waals surface area contributed by atoms with Crippen LogP contribution < -0.4 is 0 Å². The minimum absolute atomic E-state index is 0.000327. The Morgan fingerprint density at radius 3 is 2.52 bits per heavy atom. The maximum Gasteiger partial charge on any atom is 0.338 e. The number of fused-ring (bicyclic) bond motifs is 5. The minimum Gasteiger partial charge on any atom is -0.454 e. The Morgan fingerprint density at radius 1 is 1.10 bits per heavy atom. The van der Waals surface area contributed by atoms with Crippen LogP contribution in [-0.2, 0) is 20.9 Å². The lowest BCUT2D eigenvalue weighted by molar-refractivity contribution is -0.182. The van der Waals surface area contributed by atoms with Gasteiger partial charge in [0.2, 0.25) is 5.78 Å². The topological polar surface area (TPSA) is 124 Å². The van der Waals surface area contributed by atoms with Gasteiger partial charge in [-0.25, -0.2) is 4.79 Å². The molecule has 0 bridgehead atoms. The highest BCUT2D eigenvalue weighted by molar-refractivity contribution is 5.94. The summed E-state index contributed by atoms with van der Waals surface area (Å²) in [5.74, 6) is -0.744. The van der Waals surface area contributed by atoms with Crippen molar-refractivity contribution in [2.75, 3.05) is 26.8 Å². The van der Waals surface area contributed by atoms with Gasteiger partial charge < -0.3 is 20.1 Å². The Kier molecular flexibility index (Phi) is 7.85. The first-order valence-electron chi connectivity index (χ1n) is 14.7. The molecule has 3 saturated carbocycles. The summed E-state index contributed by atoms with van der Waals surface area (Å²) in [4.78, 5) is 40.3. The van der Waals surface area contributed by atoms with Crippen LogP contribution in [-0.4, -0.2) is 76.3 Å². The van der Waals surface area contributed by atoms with Crippen molar-refractivity contribution in [1.29, 1.82) is 0 Å². The highest BCUT2D eigenvalue weighted by Gasteiger charge is 2.68. The predicted molar refractivity (Wildman–Crippen MR) is 148 cm³/mol. The fraction of sp³-hybridized carbons (Fsp3) is 0.656. The van der Waals surface area contributed by atoms with Crippen LogP contribution in [0.1, 0.15) is 74.7 Å². The van der Waals surface area contributed by atoms with Gasteiger partial charge in [-0.3, -0.25) is 14.5 Å². The van der Waals surface area contributed by atoms with Gasteiger partial charge in [0.25, 0.3) is 0 Å². The van der Waals surface area contributed by atoms with Crippen LogP contribution in [0.5, 0.6) is 0 Å². The monoisotopic (exact) mass is 553 g/mol. The maximum absolute atomic E-state index is 13.5. The van der Waals surface area contributed by atoms with Crippen LogP contribution >= 0.6 is 0 Å². The van der Waals surface area contributed by atoms with E-state index in [1.165, 1.54) is 0 Å². The highest BCUT2D eigenvalue weighted by Crippen LogP contribution is 2.67. The molecule has 1 aromatic carbocycles. The smallest absolute Gasteiger partial charge is 0.338 e. The van der Waals surface area contributed by atoms with Gasteiger partial charge in [-0.1, -0.05) is 31.6 Å². The van der Waals surface area contributed by atoms with E-state index in [-0.39, 0.29) is 42.0 Å². The van der Waals surface area contributed by atoms with Gasteiger partial charge >= 0.3 is 5.97 Å². The molecule has 4 aliphatic rings. The lowest BCUT2D eigenvalue weighted by Gasteiger charge is -2.60. The van der Waals surface area contributed by atoms with E-state index < -0.39 is 35.5 Å². The van der Waals surface area contributed by atoms with Gasteiger partial charge in [0.05, 0.1) is 18.3 Å². The van der Waals surface area contributed by atoms with E-state index in [1.54, 1.807) is 18.2 Å². The van der Waals surface area contributed by atoms with Crippen LogP contribution in [0.2, 0.25) is 0 Å². The molecular weight excluding hydrogens is 510 g/mol. The first kappa shape index (κ1) is 29.1. The molecule has 4 aliphatic carbocycles. The van der Waals surface area contributed by atoms with Crippen LogP contribution in [0.3, 0.4) is 0 Å². The fourth-order valence-electron chi connectivity index (χ4n) is 8.79. The summed E-state index contributed by atoms with van der Waals surface area (Å²) < 4.78 is 5.39. The van der Waals surface area contributed by atoms with Crippen LogP contribution in [0.15, 0.2) is 35.9 Å². The van der Waals surface area contributed by atoms with Crippen molar-refractivity contribution in [2.24, 2.45) is 28.6 Å². The Balaban J connectivity index is 1.26. The molecule has 0 aromatic heterocycles.